The zero-order valence-corrected chi connectivity index (χ0v) is 11.8. The van der Waals surface area contributed by atoms with E-state index in [0.29, 0.717) is 15.8 Å². The molecule has 2 amide bonds. The second-order valence-corrected chi connectivity index (χ2v) is 4.92. The van der Waals surface area contributed by atoms with Gasteiger partial charge in [0, 0.05) is 10.2 Å². The summed E-state index contributed by atoms with van der Waals surface area (Å²) in [6.45, 7) is 1.97. The van der Waals surface area contributed by atoms with Crippen molar-refractivity contribution in [2.75, 3.05) is 10.6 Å². The highest BCUT2D eigenvalue weighted by atomic mass is 79.9. The summed E-state index contributed by atoms with van der Waals surface area (Å²) in [7, 11) is 0. The highest BCUT2D eigenvalue weighted by molar-refractivity contribution is 9.10. The Morgan fingerprint density at radius 1 is 1.11 bits per heavy atom. The Balaban J connectivity index is 2.05. The lowest BCUT2D eigenvalue weighted by Gasteiger charge is -2.09. The lowest BCUT2D eigenvalue weighted by atomic mass is 10.2. The third-order valence-corrected chi connectivity index (χ3v) is 3.18. The predicted octanol–water partition coefficient (Wildman–Crippen LogP) is 4.54. The lowest BCUT2D eigenvalue weighted by molar-refractivity contribution is 0.262. The number of aryl methyl sites for hydroxylation is 1. The molecule has 2 aromatic rings. The van der Waals surface area contributed by atoms with E-state index in [-0.39, 0.29) is 0 Å². The maximum absolute atomic E-state index is 13.1. The molecule has 0 atom stereocenters. The largest absolute Gasteiger partial charge is 0.323 e. The fraction of sp³-hybridized carbons (Fsp3) is 0.0714. The maximum Gasteiger partial charge on any atom is 0.323 e. The molecule has 0 aromatic heterocycles. The summed E-state index contributed by atoms with van der Waals surface area (Å²) in [6, 6.07) is 11.1. The number of amides is 2. The van der Waals surface area contributed by atoms with Gasteiger partial charge in [-0.25, -0.2) is 9.18 Å². The average molecular weight is 323 g/mol. The molecule has 2 rings (SSSR count). The molecule has 2 aromatic carbocycles. The molecule has 0 saturated heterocycles. The first kappa shape index (κ1) is 13.5. The summed E-state index contributed by atoms with van der Waals surface area (Å²) in [5.41, 5.74) is 2.17. The highest BCUT2D eigenvalue weighted by Gasteiger charge is 2.06. The number of hydrogen-bond acceptors (Lipinski definition) is 1. The van der Waals surface area contributed by atoms with E-state index in [9.17, 15) is 9.18 Å². The van der Waals surface area contributed by atoms with Crippen LogP contribution in [0.15, 0.2) is 46.9 Å². The van der Waals surface area contributed by atoms with E-state index in [0.717, 1.165) is 5.56 Å². The van der Waals surface area contributed by atoms with E-state index in [4.69, 9.17) is 0 Å². The van der Waals surface area contributed by atoms with Crippen molar-refractivity contribution in [3.8, 4) is 0 Å². The summed E-state index contributed by atoms with van der Waals surface area (Å²) < 4.78 is 13.7. The van der Waals surface area contributed by atoms with E-state index < -0.39 is 11.8 Å². The Morgan fingerprint density at radius 2 is 1.79 bits per heavy atom. The van der Waals surface area contributed by atoms with Crippen LogP contribution in [-0.2, 0) is 0 Å². The smallest absolute Gasteiger partial charge is 0.308 e. The van der Waals surface area contributed by atoms with Crippen LogP contribution in [0.5, 0.6) is 0 Å². The number of hydrogen-bond donors (Lipinski definition) is 2. The molecule has 19 heavy (non-hydrogen) atoms. The van der Waals surface area contributed by atoms with Crippen LogP contribution in [0, 0.1) is 12.7 Å². The van der Waals surface area contributed by atoms with E-state index in [1.54, 1.807) is 12.1 Å². The molecule has 0 fully saturated rings. The molecular weight excluding hydrogens is 311 g/mol. The van der Waals surface area contributed by atoms with Gasteiger partial charge in [-0.1, -0.05) is 17.7 Å². The molecule has 0 spiro atoms. The summed E-state index contributed by atoms with van der Waals surface area (Å²) in [4.78, 5) is 11.8. The topological polar surface area (TPSA) is 41.1 Å². The molecule has 0 aliphatic carbocycles. The van der Waals surface area contributed by atoms with Gasteiger partial charge in [0.1, 0.15) is 5.82 Å². The number of rotatable bonds is 2. The second-order valence-electron chi connectivity index (χ2n) is 4.07. The van der Waals surface area contributed by atoms with Gasteiger partial charge in [0.05, 0.1) is 5.69 Å². The van der Waals surface area contributed by atoms with E-state index >= 15 is 0 Å². The van der Waals surface area contributed by atoms with Crippen LogP contribution in [0.25, 0.3) is 0 Å². The van der Waals surface area contributed by atoms with Crippen LogP contribution < -0.4 is 10.6 Å². The van der Waals surface area contributed by atoms with Crippen LogP contribution in [0.1, 0.15) is 5.56 Å². The molecule has 0 saturated carbocycles. The van der Waals surface area contributed by atoms with E-state index in [1.807, 2.05) is 19.1 Å². The van der Waals surface area contributed by atoms with Gasteiger partial charge in [0.25, 0.3) is 0 Å². The average Bonchev–Trinajstić information content (AvgIpc) is 2.37. The summed E-state index contributed by atoms with van der Waals surface area (Å²) in [5.74, 6) is -0.408. The summed E-state index contributed by atoms with van der Waals surface area (Å²) in [5, 5.41) is 5.25. The van der Waals surface area contributed by atoms with Crippen molar-refractivity contribution >= 4 is 33.3 Å². The van der Waals surface area contributed by atoms with Crippen molar-refractivity contribution in [1.29, 1.82) is 0 Å². The van der Waals surface area contributed by atoms with Gasteiger partial charge in [-0.05, 0) is 53.2 Å². The normalized spacial score (nSPS) is 10.1. The second kappa shape index (κ2) is 5.84. The molecule has 0 unspecified atom stereocenters. The van der Waals surface area contributed by atoms with Gasteiger partial charge in [-0.2, -0.15) is 0 Å². The molecule has 2 N–H and O–H groups in total. The lowest BCUT2D eigenvalue weighted by Crippen LogP contribution is -2.19. The number of carbonyl (C=O) groups is 1. The Kier molecular flexibility index (Phi) is 4.16. The molecular formula is C14H12BrFN2O. The third-order valence-electron chi connectivity index (χ3n) is 2.49. The van der Waals surface area contributed by atoms with E-state index in [2.05, 4.69) is 26.6 Å². The zero-order valence-electron chi connectivity index (χ0n) is 10.2. The first-order valence-corrected chi connectivity index (χ1v) is 6.43. The monoisotopic (exact) mass is 322 g/mol. The predicted molar refractivity (Wildman–Crippen MR) is 77.9 cm³/mol. The molecule has 0 aliphatic rings. The Bertz CT molecular complexity index is 599. The van der Waals surface area contributed by atoms with Crippen molar-refractivity contribution in [1.82, 2.24) is 0 Å². The fourth-order valence-corrected chi connectivity index (χ4v) is 1.86. The minimum absolute atomic E-state index is 0.379. The molecule has 5 heteroatoms. The van der Waals surface area contributed by atoms with Gasteiger partial charge >= 0.3 is 6.03 Å². The van der Waals surface area contributed by atoms with Crippen LogP contribution in [0.4, 0.5) is 20.6 Å². The minimum atomic E-state index is -0.421. The quantitative estimate of drug-likeness (QED) is 0.837. The third kappa shape index (κ3) is 3.79. The Hall–Kier alpha value is -1.88. The fourth-order valence-electron chi connectivity index (χ4n) is 1.51. The van der Waals surface area contributed by atoms with Crippen molar-refractivity contribution in [3.63, 3.8) is 0 Å². The van der Waals surface area contributed by atoms with E-state index in [1.165, 1.54) is 18.2 Å². The van der Waals surface area contributed by atoms with Crippen molar-refractivity contribution in [2.45, 2.75) is 6.92 Å². The molecule has 0 aliphatic heterocycles. The van der Waals surface area contributed by atoms with Gasteiger partial charge in [-0.15, -0.1) is 0 Å². The van der Waals surface area contributed by atoms with Crippen molar-refractivity contribution < 1.29 is 9.18 Å². The molecule has 3 nitrogen and oxygen atoms in total. The number of nitrogens with one attached hydrogen (secondary N) is 2. The van der Waals surface area contributed by atoms with Crippen LogP contribution >= 0.6 is 15.9 Å². The Morgan fingerprint density at radius 3 is 2.47 bits per heavy atom. The zero-order chi connectivity index (χ0) is 13.8. The minimum Gasteiger partial charge on any atom is -0.308 e. The van der Waals surface area contributed by atoms with Gasteiger partial charge in [0.15, 0.2) is 0 Å². The maximum atomic E-state index is 13.1. The number of anilines is 2. The standard InChI is InChI=1S/C14H12BrFN2O/c1-9-2-5-11(6-3-9)17-14(19)18-13-8-10(16)4-7-12(13)15/h2-8H,1H3,(H2,17,18,19). The number of urea groups is 1. The molecule has 0 radical (unpaired) electrons. The van der Waals surface area contributed by atoms with Crippen LogP contribution in [-0.4, -0.2) is 6.03 Å². The molecule has 0 bridgehead atoms. The van der Waals surface area contributed by atoms with Gasteiger partial charge in [0.2, 0.25) is 0 Å². The number of benzene rings is 2. The van der Waals surface area contributed by atoms with Gasteiger partial charge < -0.3 is 10.6 Å². The molecule has 98 valence electrons. The number of halogens is 2. The van der Waals surface area contributed by atoms with Gasteiger partial charge in [-0.3, -0.25) is 0 Å². The SMILES string of the molecule is Cc1ccc(NC(=O)Nc2cc(F)ccc2Br)cc1. The highest BCUT2D eigenvalue weighted by Crippen LogP contribution is 2.23. The first-order chi connectivity index (χ1) is 9.04. The van der Waals surface area contributed by atoms with Crippen LogP contribution in [0.2, 0.25) is 0 Å². The first-order valence-electron chi connectivity index (χ1n) is 5.64. The molecule has 0 heterocycles. The van der Waals surface area contributed by atoms with Crippen molar-refractivity contribution in [3.05, 3.63) is 58.3 Å². The summed E-state index contributed by atoms with van der Waals surface area (Å²) >= 11 is 3.24. The summed E-state index contributed by atoms with van der Waals surface area (Å²) in [6.07, 6.45) is 0. The van der Waals surface area contributed by atoms with Crippen LogP contribution in [0.3, 0.4) is 0 Å². The number of carbonyl (C=O) groups excluding carboxylic acids is 1. The van der Waals surface area contributed by atoms with Crippen molar-refractivity contribution in [2.24, 2.45) is 0 Å². The Labute approximate surface area is 119 Å².